The maximum Gasteiger partial charge on any atom is 0.326 e. The van der Waals surface area contributed by atoms with E-state index in [-0.39, 0.29) is 17.8 Å². The highest BCUT2D eigenvalue weighted by Crippen LogP contribution is 2.55. The van der Waals surface area contributed by atoms with E-state index in [2.05, 4.69) is 4.98 Å². The Bertz CT molecular complexity index is 603. The molecule has 0 bridgehead atoms. The fourth-order valence-electron chi connectivity index (χ4n) is 2.89. The maximum absolute atomic E-state index is 12.0. The number of amides is 1. The highest BCUT2D eigenvalue weighted by molar-refractivity contribution is 8.02. The van der Waals surface area contributed by atoms with Gasteiger partial charge in [0.05, 0.1) is 23.9 Å². The Morgan fingerprint density at radius 3 is 2.81 bits per heavy atom. The van der Waals surface area contributed by atoms with Crippen LogP contribution in [-0.2, 0) is 14.3 Å². The van der Waals surface area contributed by atoms with E-state index >= 15 is 0 Å². The van der Waals surface area contributed by atoms with Crippen molar-refractivity contribution in [2.45, 2.75) is 30.1 Å². The van der Waals surface area contributed by atoms with E-state index in [9.17, 15) is 19.8 Å². The summed E-state index contributed by atoms with van der Waals surface area (Å²) in [6.45, 7) is 3.51. The molecule has 2 N–H and O–H groups in total. The quantitative estimate of drug-likeness (QED) is 0.794. The number of carbonyl (C=O) groups is 2. The number of carboxylic acids is 1. The van der Waals surface area contributed by atoms with Gasteiger partial charge in [-0.25, -0.2) is 0 Å². The van der Waals surface area contributed by atoms with Crippen LogP contribution in [0.25, 0.3) is 0 Å². The van der Waals surface area contributed by atoms with Crippen molar-refractivity contribution < 1.29 is 19.8 Å². The van der Waals surface area contributed by atoms with Crippen molar-refractivity contribution in [3.63, 3.8) is 0 Å². The van der Waals surface area contributed by atoms with Crippen LogP contribution in [0.5, 0.6) is 0 Å². The van der Waals surface area contributed by atoms with Gasteiger partial charge in [-0.2, -0.15) is 0 Å². The maximum atomic E-state index is 12.0. The molecule has 112 valence electrons. The van der Waals surface area contributed by atoms with Crippen LogP contribution in [0.3, 0.4) is 0 Å². The fraction of sp³-hybridized carbons (Fsp3) is 0.500. The molecule has 2 aliphatic rings. The van der Waals surface area contributed by atoms with Gasteiger partial charge in [0.25, 0.3) is 0 Å². The highest BCUT2D eigenvalue weighted by Gasteiger charge is 2.63. The van der Waals surface area contributed by atoms with Gasteiger partial charge in [0.15, 0.2) is 4.75 Å². The molecule has 0 spiro atoms. The van der Waals surface area contributed by atoms with Crippen LogP contribution >= 0.6 is 11.8 Å². The minimum Gasteiger partial charge on any atom is -0.480 e. The fourth-order valence-corrected chi connectivity index (χ4v) is 4.67. The number of aromatic nitrogens is 1. The van der Waals surface area contributed by atoms with E-state index in [1.807, 2.05) is 6.92 Å². The number of thioether (sulfide) groups is 1. The zero-order chi connectivity index (χ0) is 15.4. The molecule has 1 amide bonds. The molecule has 1 aromatic rings. The van der Waals surface area contributed by atoms with Gasteiger partial charge < -0.3 is 15.1 Å². The molecular formula is C14H16N2O4S. The third kappa shape index (κ3) is 1.95. The van der Waals surface area contributed by atoms with E-state index in [1.54, 1.807) is 25.3 Å². The van der Waals surface area contributed by atoms with Crippen LogP contribution in [0.15, 0.2) is 18.3 Å². The first-order valence-electron chi connectivity index (χ1n) is 6.70. The van der Waals surface area contributed by atoms with Crippen molar-refractivity contribution in [1.29, 1.82) is 0 Å². The van der Waals surface area contributed by atoms with E-state index < -0.39 is 22.7 Å². The third-order valence-electron chi connectivity index (χ3n) is 4.14. The second-order valence-electron chi connectivity index (χ2n) is 5.56. The average molecular weight is 308 g/mol. The second kappa shape index (κ2) is 4.71. The first kappa shape index (κ1) is 14.3. The summed E-state index contributed by atoms with van der Waals surface area (Å²) in [5.41, 5.74) is 1.39. The van der Waals surface area contributed by atoms with Gasteiger partial charge in [-0.1, -0.05) is 6.07 Å². The topological polar surface area (TPSA) is 90.7 Å². The van der Waals surface area contributed by atoms with Gasteiger partial charge in [0.2, 0.25) is 5.91 Å². The summed E-state index contributed by atoms with van der Waals surface area (Å²) in [7, 11) is 0. The summed E-state index contributed by atoms with van der Waals surface area (Å²) < 4.78 is -1.20. The van der Waals surface area contributed by atoms with Gasteiger partial charge >= 0.3 is 5.97 Å². The van der Waals surface area contributed by atoms with Crippen molar-refractivity contribution >= 4 is 23.6 Å². The number of aryl methyl sites for hydroxylation is 1. The summed E-state index contributed by atoms with van der Waals surface area (Å²) in [6.07, 6.45) is 0.788. The molecule has 0 aromatic carbocycles. The molecule has 2 aliphatic heterocycles. The number of carboxylic acid groups (broad SMARTS) is 1. The lowest BCUT2D eigenvalue weighted by molar-refractivity contribution is -0.156. The number of rotatable bonds is 3. The lowest BCUT2D eigenvalue weighted by Crippen LogP contribution is -2.60. The van der Waals surface area contributed by atoms with Gasteiger partial charge in [0, 0.05) is 11.9 Å². The van der Waals surface area contributed by atoms with Crippen molar-refractivity contribution in [3.8, 4) is 0 Å². The Morgan fingerprint density at radius 2 is 2.29 bits per heavy atom. The van der Waals surface area contributed by atoms with E-state index in [0.717, 1.165) is 5.69 Å². The van der Waals surface area contributed by atoms with Crippen molar-refractivity contribution in [2.75, 3.05) is 6.54 Å². The number of nitrogens with zero attached hydrogens (tertiary/aromatic N) is 2. The minimum absolute atomic E-state index is 0.116. The van der Waals surface area contributed by atoms with E-state index in [1.165, 1.54) is 16.7 Å². The van der Waals surface area contributed by atoms with Gasteiger partial charge in [-0.3, -0.25) is 14.6 Å². The lowest BCUT2D eigenvalue weighted by atomic mass is 9.90. The van der Waals surface area contributed by atoms with Crippen molar-refractivity contribution in [1.82, 2.24) is 9.88 Å². The summed E-state index contributed by atoms with van der Waals surface area (Å²) in [5.74, 6) is -1.68. The third-order valence-corrected chi connectivity index (χ3v) is 5.87. The first-order valence-corrected chi connectivity index (χ1v) is 7.57. The molecular weight excluding hydrogens is 292 g/mol. The summed E-state index contributed by atoms with van der Waals surface area (Å²) in [6, 6.07) is 3.52. The van der Waals surface area contributed by atoms with Crippen LogP contribution in [-0.4, -0.2) is 50.0 Å². The largest absolute Gasteiger partial charge is 0.480 e. The van der Waals surface area contributed by atoms with Crippen molar-refractivity contribution in [3.05, 3.63) is 29.6 Å². The van der Waals surface area contributed by atoms with Gasteiger partial charge in [0.1, 0.15) is 0 Å². The molecule has 0 radical (unpaired) electrons. The van der Waals surface area contributed by atoms with E-state index in [4.69, 9.17) is 0 Å². The molecule has 21 heavy (non-hydrogen) atoms. The van der Waals surface area contributed by atoms with Crippen LogP contribution in [0.4, 0.5) is 0 Å². The molecule has 1 unspecified atom stereocenters. The molecule has 7 heteroatoms. The predicted molar refractivity (Wildman–Crippen MR) is 76.6 cm³/mol. The summed E-state index contributed by atoms with van der Waals surface area (Å²) >= 11 is 1.22. The highest BCUT2D eigenvalue weighted by atomic mass is 32.2. The zero-order valence-electron chi connectivity index (χ0n) is 11.7. The molecule has 3 rings (SSSR count). The first-order chi connectivity index (χ1) is 9.86. The van der Waals surface area contributed by atoms with Crippen LogP contribution in [0.2, 0.25) is 0 Å². The Labute approximate surface area is 126 Å². The Morgan fingerprint density at radius 1 is 1.57 bits per heavy atom. The smallest absolute Gasteiger partial charge is 0.326 e. The van der Waals surface area contributed by atoms with Crippen LogP contribution < -0.4 is 0 Å². The van der Waals surface area contributed by atoms with Crippen molar-refractivity contribution in [2.24, 2.45) is 5.92 Å². The molecule has 3 heterocycles. The number of pyridine rings is 1. The molecule has 1 aromatic heterocycles. The Kier molecular flexibility index (Phi) is 3.22. The monoisotopic (exact) mass is 308 g/mol. The standard InChI is InChI=1S/C14H16N2O4S/c1-7-3-4-9(5-15-7)14(13(19)20)6-16-11(18)10(8(2)17)12(16)21-14/h3-5,8,10,12,17H,6H2,1-2H3,(H,19,20)/t8-,10+,12-,14?/m1/s1. The molecule has 0 aliphatic carbocycles. The van der Waals surface area contributed by atoms with Crippen LogP contribution in [0.1, 0.15) is 18.2 Å². The second-order valence-corrected chi connectivity index (χ2v) is 6.98. The number of β-lactam (4-membered cyclic amide) rings is 1. The Balaban J connectivity index is 1.97. The molecule has 2 fully saturated rings. The van der Waals surface area contributed by atoms with Gasteiger partial charge in [-0.05, 0) is 25.5 Å². The SMILES string of the molecule is Cc1ccc(C2(C(=O)O)CN3C(=O)[C@H]([C@@H](C)O)[C@H]3S2)cn1. The molecule has 6 nitrogen and oxygen atoms in total. The Hall–Kier alpha value is -1.60. The lowest BCUT2D eigenvalue weighted by Gasteiger charge is -2.42. The summed E-state index contributed by atoms with van der Waals surface area (Å²) in [4.78, 5) is 29.6. The number of hydrogen-bond donors (Lipinski definition) is 2. The van der Waals surface area contributed by atoms with Gasteiger partial charge in [-0.15, -0.1) is 11.8 Å². The van der Waals surface area contributed by atoms with E-state index in [0.29, 0.717) is 5.56 Å². The number of carbonyl (C=O) groups excluding carboxylic acids is 1. The average Bonchev–Trinajstić information content (AvgIpc) is 2.76. The molecule has 2 saturated heterocycles. The molecule has 4 atom stereocenters. The number of aliphatic hydroxyl groups is 1. The summed E-state index contributed by atoms with van der Waals surface area (Å²) in [5, 5.41) is 19.1. The molecule has 0 saturated carbocycles. The van der Waals surface area contributed by atoms with Crippen LogP contribution in [0, 0.1) is 12.8 Å². The normalized spacial score (nSPS) is 32.5. The number of aliphatic carboxylic acids is 1. The number of fused-ring (bicyclic) bond motifs is 1. The minimum atomic E-state index is -1.20. The predicted octanol–water partition coefficient (Wildman–Crippen LogP) is 0.582. The zero-order valence-corrected chi connectivity index (χ0v) is 12.5. The number of hydrogen-bond acceptors (Lipinski definition) is 5. The number of aliphatic hydroxyl groups excluding tert-OH is 1.